The van der Waals surface area contributed by atoms with E-state index in [1.54, 1.807) is 24.3 Å². The van der Waals surface area contributed by atoms with Gasteiger partial charge in [-0.05, 0) is 24.0 Å². The standard InChI is InChI=1S/C16H17F2NO4/c17-16(18)8-6-12(7-9-16)13(14(20)21)19-15(22)23-10-11-4-2-1-3-5-11/h1-5H,6-10H2,(H,19,22)(H,20,21). The van der Waals surface area contributed by atoms with E-state index in [2.05, 4.69) is 5.32 Å². The van der Waals surface area contributed by atoms with Gasteiger partial charge in [0, 0.05) is 12.8 Å². The number of hydrogen-bond donors (Lipinski definition) is 2. The Balaban J connectivity index is 1.97. The highest BCUT2D eigenvalue weighted by molar-refractivity contribution is 5.91. The molecule has 2 rings (SSSR count). The Morgan fingerprint density at radius 1 is 1.17 bits per heavy atom. The molecular formula is C16H17F2NO4. The van der Waals surface area contributed by atoms with Crippen molar-refractivity contribution in [3.05, 3.63) is 47.2 Å². The summed E-state index contributed by atoms with van der Waals surface area (Å²) in [5.41, 5.74) is 0.697. The Hall–Kier alpha value is -2.44. The summed E-state index contributed by atoms with van der Waals surface area (Å²) < 4.78 is 31.2. The highest BCUT2D eigenvalue weighted by atomic mass is 19.3. The number of carboxylic acids is 1. The Labute approximate surface area is 131 Å². The zero-order valence-electron chi connectivity index (χ0n) is 12.4. The van der Waals surface area contributed by atoms with Crippen molar-refractivity contribution in [2.45, 2.75) is 38.2 Å². The van der Waals surface area contributed by atoms with Crippen molar-refractivity contribution in [3.8, 4) is 0 Å². The lowest BCUT2D eigenvalue weighted by molar-refractivity contribution is -0.133. The molecule has 0 unspecified atom stereocenters. The summed E-state index contributed by atoms with van der Waals surface area (Å²) in [6.45, 7) is -0.00697. The number of aliphatic carboxylic acids is 1. The molecule has 1 amide bonds. The highest BCUT2D eigenvalue weighted by Gasteiger charge is 2.34. The van der Waals surface area contributed by atoms with Crippen LogP contribution in [0.25, 0.3) is 0 Å². The van der Waals surface area contributed by atoms with Gasteiger partial charge in [0.25, 0.3) is 0 Å². The van der Waals surface area contributed by atoms with Crippen molar-refractivity contribution in [3.63, 3.8) is 0 Å². The van der Waals surface area contributed by atoms with Crippen LogP contribution in [0, 0.1) is 0 Å². The van der Waals surface area contributed by atoms with Gasteiger partial charge in [-0.15, -0.1) is 0 Å². The molecule has 0 bridgehead atoms. The fourth-order valence-electron chi connectivity index (χ4n) is 2.32. The molecule has 7 heteroatoms. The lowest BCUT2D eigenvalue weighted by Gasteiger charge is -2.24. The third-order valence-corrected chi connectivity index (χ3v) is 3.59. The van der Waals surface area contributed by atoms with E-state index in [-0.39, 0.29) is 25.1 Å². The molecule has 1 aliphatic rings. The molecule has 1 aromatic carbocycles. The van der Waals surface area contributed by atoms with Gasteiger partial charge in [-0.2, -0.15) is 0 Å². The minimum Gasteiger partial charge on any atom is -0.477 e. The number of hydrogen-bond acceptors (Lipinski definition) is 3. The molecule has 0 heterocycles. The molecule has 124 valence electrons. The fraction of sp³-hybridized carbons (Fsp3) is 0.375. The van der Waals surface area contributed by atoms with E-state index < -0.39 is 30.8 Å². The number of rotatable bonds is 4. The summed E-state index contributed by atoms with van der Waals surface area (Å²) in [4.78, 5) is 23.0. The third-order valence-electron chi connectivity index (χ3n) is 3.59. The molecule has 1 fully saturated rings. The van der Waals surface area contributed by atoms with Crippen LogP contribution in [0.3, 0.4) is 0 Å². The van der Waals surface area contributed by atoms with Gasteiger partial charge in [0.2, 0.25) is 5.92 Å². The molecule has 0 aromatic heterocycles. The van der Waals surface area contributed by atoms with Crippen LogP contribution in [-0.4, -0.2) is 23.1 Å². The van der Waals surface area contributed by atoms with Crippen LogP contribution in [0.2, 0.25) is 0 Å². The van der Waals surface area contributed by atoms with E-state index in [0.717, 1.165) is 5.56 Å². The van der Waals surface area contributed by atoms with Crippen LogP contribution in [0.4, 0.5) is 13.6 Å². The topological polar surface area (TPSA) is 75.6 Å². The van der Waals surface area contributed by atoms with E-state index in [0.29, 0.717) is 5.57 Å². The summed E-state index contributed by atoms with van der Waals surface area (Å²) in [6.07, 6.45) is -1.88. The molecule has 0 spiro atoms. The van der Waals surface area contributed by atoms with Gasteiger partial charge in [0.05, 0.1) is 0 Å². The number of nitrogens with one attached hydrogen (secondary N) is 1. The molecule has 1 aliphatic carbocycles. The number of carbonyl (C=O) groups excluding carboxylic acids is 1. The SMILES string of the molecule is O=C(NC(C(=O)O)=C1CCC(F)(F)CC1)OCc1ccccc1. The number of carbonyl (C=O) groups is 2. The van der Waals surface area contributed by atoms with Crippen molar-refractivity contribution < 1.29 is 28.2 Å². The first-order chi connectivity index (χ1) is 10.9. The van der Waals surface area contributed by atoms with E-state index >= 15 is 0 Å². The fourth-order valence-corrected chi connectivity index (χ4v) is 2.32. The maximum absolute atomic E-state index is 13.1. The normalized spacial score (nSPS) is 16.5. The van der Waals surface area contributed by atoms with E-state index in [9.17, 15) is 23.5 Å². The molecule has 2 N–H and O–H groups in total. The minimum atomic E-state index is -2.78. The van der Waals surface area contributed by atoms with Crippen molar-refractivity contribution in [1.29, 1.82) is 0 Å². The summed E-state index contributed by atoms with van der Waals surface area (Å²) >= 11 is 0. The summed E-state index contributed by atoms with van der Waals surface area (Å²) in [7, 11) is 0. The van der Waals surface area contributed by atoms with Crippen LogP contribution < -0.4 is 5.32 Å². The second-order valence-corrected chi connectivity index (χ2v) is 5.33. The Morgan fingerprint density at radius 2 is 1.78 bits per heavy atom. The third kappa shape index (κ3) is 5.05. The van der Waals surface area contributed by atoms with Gasteiger partial charge < -0.3 is 9.84 Å². The average Bonchev–Trinajstić information content (AvgIpc) is 2.52. The zero-order chi connectivity index (χ0) is 16.9. The van der Waals surface area contributed by atoms with Crippen LogP contribution in [0.15, 0.2) is 41.6 Å². The predicted molar refractivity (Wildman–Crippen MR) is 77.8 cm³/mol. The Morgan fingerprint density at radius 3 is 2.35 bits per heavy atom. The smallest absolute Gasteiger partial charge is 0.412 e. The second-order valence-electron chi connectivity index (χ2n) is 5.33. The van der Waals surface area contributed by atoms with Crippen molar-refractivity contribution in [1.82, 2.24) is 5.32 Å². The minimum absolute atomic E-state index is 0.00697. The second kappa shape index (κ2) is 7.21. The van der Waals surface area contributed by atoms with Crippen LogP contribution in [-0.2, 0) is 16.1 Å². The van der Waals surface area contributed by atoms with Crippen LogP contribution in [0.5, 0.6) is 0 Å². The van der Waals surface area contributed by atoms with Crippen molar-refractivity contribution in [2.75, 3.05) is 0 Å². The largest absolute Gasteiger partial charge is 0.477 e. The number of ether oxygens (including phenoxy) is 1. The Bertz CT molecular complexity index is 602. The van der Waals surface area contributed by atoms with Crippen molar-refractivity contribution >= 4 is 12.1 Å². The molecule has 0 saturated heterocycles. The lowest BCUT2D eigenvalue weighted by Crippen LogP contribution is -2.31. The molecule has 1 saturated carbocycles. The number of alkyl carbamates (subject to hydrolysis) is 1. The van der Waals surface area contributed by atoms with E-state index in [4.69, 9.17) is 4.74 Å². The molecule has 0 atom stereocenters. The number of halogens is 2. The summed E-state index contributed by atoms with van der Waals surface area (Å²) in [5.74, 6) is -4.14. The van der Waals surface area contributed by atoms with Gasteiger partial charge in [-0.3, -0.25) is 5.32 Å². The summed E-state index contributed by atoms with van der Waals surface area (Å²) in [6, 6.07) is 8.89. The molecule has 5 nitrogen and oxygen atoms in total. The maximum Gasteiger partial charge on any atom is 0.412 e. The van der Waals surface area contributed by atoms with E-state index in [1.807, 2.05) is 6.07 Å². The molecule has 0 radical (unpaired) electrons. The average molecular weight is 325 g/mol. The lowest BCUT2D eigenvalue weighted by atomic mass is 9.90. The van der Waals surface area contributed by atoms with Gasteiger partial charge in [-0.1, -0.05) is 30.3 Å². The first-order valence-corrected chi connectivity index (χ1v) is 7.18. The predicted octanol–water partition coefficient (Wildman–Crippen LogP) is 3.46. The maximum atomic E-state index is 13.1. The quantitative estimate of drug-likeness (QED) is 0.831. The van der Waals surface area contributed by atoms with Gasteiger partial charge in [0.1, 0.15) is 12.3 Å². The molecular weight excluding hydrogens is 308 g/mol. The van der Waals surface area contributed by atoms with Gasteiger partial charge in [0.15, 0.2) is 0 Å². The summed E-state index contributed by atoms with van der Waals surface area (Å²) in [5, 5.41) is 11.3. The number of amides is 1. The van der Waals surface area contributed by atoms with Gasteiger partial charge >= 0.3 is 12.1 Å². The number of benzene rings is 1. The first kappa shape index (κ1) is 16.9. The highest BCUT2D eigenvalue weighted by Crippen LogP contribution is 2.36. The van der Waals surface area contributed by atoms with E-state index in [1.165, 1.54) is 0 Å². The Kier molecular flexibility index (Phi) is 5.31. The molecule has 23 heavy (non-hydrogen) atoms. The monoisotopic (exact) mass is 325 g/mol. The zero-order valence-corrected chi connectivity index (χ0v) is 12.4. The van der Waals surface area contributed by atoms with Crippen LogP contribution >= 0.6 is 0 Å². The number of carboxylic acid groups (broad SMARTS) is 1. The molecule has 1 aromatic rings. The van der Waals surface area contributed by atoms with Crippen molar-refractivity contribution in [2.24, 2.45) is 0 Å². The first-order valence-electron chi connectivity index (χ1n) is 7.18. The molecule has 0 aliphatic heterocycles. The number of alkyl halides is 2. The van der Waals surface area contributed by atoms with Gasteiger partial charge in [-0.25, -0.2) is 18.4 Å². The number of allylic oxidation sites excluding steroid dienone is 1. The van der Waals surface area contributed by atoms with Crippen LogP contribution in [0.1, 0.15) is 31.2 Å².